The van der Waals surface area contributed by atoms with Gasteiger partial charge in [0.1, 0.15) is 17.1 Å². The minimum Gasteiger partial charge on any atom is -0.465 e. The zero-order chi connectivity index (χ0) is 22.5. The number of allylic oxidation sites excluding steroid dienone is 2. The van der Waals surface area contributed by atoms with Crippen LogP contribution >= 0.6 is 11.6 Å². The molecule has 0 saturated carbocycles. The molecule has 0 spiro atoms. The van der Waals surface area contributed by atoms with Crippen molar-refractivity contribution in [2.45, 2.75) is 6.43 Å². The number of methoxy groups -OCH3 is 1. The van der Waals surface area contributed by atoms with Gasteiger partial charge in [-0.15, -0.1) is 0 Å². The Bertz CT molecular complexity index is 1140. The van der Waals surface area contributed by atoms with Crippen molar-refractivity contribution in [1.82, 2.24) is 5.16 Å². The molecule has 3 aromatic rings. The summed E-state index contributed by atoms with van der Waals surface area (Å²) in [6, 6.07) is 11.1. The summed E-state index contributed by atoms with van der Waals surface area (Å²) >= 11 is 5.88. The normalized spacial score (nSPS) is 11.8. The van der Waals surface area contributed by atoms with E-state index in [-0.39, 0.29) is 16.9 Å². The van der Waals surface area contributed by atoms with E-state index in [1.807, 2.05) is 0 Å². The van der Waals surface area contributed by atoms with E-state index >= 15 is 0 Å². The molecule has 0 amide bonds. The molecule has 0 radical (unpaired) electrons. The third-order valence-electron chi connectivity index (χ3n) is 4.20. The zero-order valence-electron chi connectivity index (χ0n) is 16.0. The Kier molecular flexibility index (Phi) is 6.76. The van der Waals surface area contributed by atoms with Gasteiger partial charge in [-0.2, -0.15) is 0 Å². The Morgan fingerprint density at radius 2 is 1.97 bits per heavy atom. The first-order valence-corrected chi connectivity index (χ1v) is 9.13. The average molecular weight is 450 g/mol. The summed E-state index contributed by atoms with van der Waals surface area (Å²) in [5.74, 6) is -1.94. The van der Waals surface area contributed by atoms with Crippen LogP contribution in [0.15, 0.2) is 58.8 Å². The average Bonchev–Trinajstić information content (AvgIpc) is 3.18. The highest BCUT2D eigenvalue weighted by Crippen LogP contribution is 2.33. The highest BCUT2D eigenvalue weighted by molar-refractivity contribution is 6.30. The lowest BCUT2D eigenvalue weighted by molar-refractivity contribution is 0.0600. The molecule has 0 aliphatic rings. The molecule has 0 fully saturated rings. The van der Waals surface area contributed by atoms with Crippen LogP contribution in [-0.2, 0) is 4.74 Å². The fourth-order valence-electron chi connectivity index (χ4n) is 2.80. The number of aromatic nitrogens is 1. The van der Waals surface area contributed by atoms with Crippen molar-refractivity contribution in [2.75, 3.05) is 12.4 Å². The predicted octanol–water partition coefficient (Wildman–Crippen LogP) is 5.66. The summed E-state index contributed by atoms with van der Waals surface area (Å²) in [7, 11) is 1.11. The van der Waals surface area contributed by atoms with Crippen molar-refractivity contribution in [1.29, 1.82) is 5.41 Å². The van der Waals surface area contributed by atoms with Gasteiger partial charge in [0.25, 0.3) is 6.43 Å². The van der Waals surface area contributed by atoms with Crippen molar-refractivity contribution in [3.8, 4) is 11.3 Å². The zero-order valence-corrected chi connectivity index (χ0v) is 16.7. The molecule has 31 heavy (non-hydrogen) atoms. The number of ether oxygens (including phenoxy) is 1. The second-order valence-electron chi connectivity index (χ2n) is 6.14. The van der Waals surface area contributed by atoms with E-state index in [1.54, 1.807) is 24.3 Å². The maximum atomic E-state index is 13.9. The lowest BCUT2D eigenvalue weighted by Gasteiger charge is -2.13. The highest BCUT2D eigenvalue weighted by atomic mass is 35.5. The minimum absolute atomic E-state index is 0.0201. The first-order chi connectivity index (χ1) is 14.8. The SMILES string of the molecule is COC(=O)c1c(-c2ccc(Cl)cc2)noc1/C(C=N)=C(/Nc1cccc(F)c1)C(F)F. The highest BCUT2D eigenvalue weighted by Gasteiger charge is 2.30. The number of alkyl halides is 2. The summed E-state index contributed by atoms with van der Waals surface area (Å²) in [5, 5.41) is 14.3. The van der Waals surface area contributed by atoms with Gasteiger partial charge in [-0.25, -0.2) is 18.0 Å². The topological polar surface area (TPSA) is 88.2 Å². The fourth-order valence-corrected chi connectivity index (χ4v) is 2.92. The third kappa shape index (κ3) is 4.77. The van der Waals surface area contributed by atoms with E-state index in [1.165, 1.54) is 12.1 Å². The Labute approximate surface area is 179 Å². The second kappa shape index (κ2) is 9.48. The quantitative estimate of drug-likeness (QED) is 0.359. The number of esters is 1. The number of carbonyl (C=O) groups is 1. The van der Waals surface area contributed by atoms with Gasteiger partial charge in [-0.1, -0.05) is 35.0 Å². The first kappa shape index (κ1) is 22.1. The number of anilines is 1. The minimum atomic E-state index is -3.12. The molecule has 0 aliphatic carbocycles. The maximum Gasteiger partial charge on any atom is 0.344 e. The number of hydrogen-bond acceptors (Lipinski definition) is 6. The van der Waals surface area contributed by atoms with E-state index in [2.05, 4.69) is 10.5 Å². The number of rotatable bonds is 7. The van der Waals surface area contributed by atoms with E-state index in [0.29, 0.717) is 16.8 Å². The maximum absolute atomic E-state index is 13.9. The molecule has 2 aromatic carbocycles. The van der Waals surface area contributed by atoms with E-state index in [0.717, 1.165) is 19.2 Å². The molecule has 0 saturated heterocycles. The largest absolute Gasteiger partial charge is 0.465 e. The van der Waals surface area contributed by atoms with Crippen LogP contribution in [0.4, 0.5) is 18.9 Å². The first-order valence-electron chi connectivity index (χ1n) is 8.75. The predicted molar refractivity (Wildman–Crippen MR) is 110 cm³/mol. The van der Waals surface area contributed by atoms with Crippen LogP contribution in [0.3, 0.4) is 0 Å². The molecule has 0 unspecified atom stereocenters. The summed E-state index contributed by atoms with van der Waals surface area (Å²) in [6.45, 7) is 0. The van der Waals surface area contributed by atoms with Crippen molar-refractivity contribution in [3.05, 3.63) is 76.4 Å². The standard InChI is InChI=1S/C21H15ClF3N3O3/c1-30-21(29)16-17(11-5-7-12(22)8-6-11)28-31-19(16)15(10-26)18(20(24)25)27-14-4-2-3-13(23)9-14/h2-10,20,26-27H,1H3/b18-15+,26-10?. The van der Waals surface area contributed by atoms with Gasteiger partial charge in [-0.3, -0.25) is 0 Å². The van der Waals surface area contributed by atoms with Crippen LogP contribution in [0.5, 0.6) is 0 Å². The van der Waals surface area contributed by atoms with E-state index < -0.39 is 35.2 Å². The number of carbonyl (C=O) groups excluding carboxylic acids is 1. The molecule has 2 N–H and O–H groups in total. The third-order valence-corrected chi connectivity index (χ3v) is 4.45. The smallest absolute Gasteiger partial charge is 0.344 e. The van der Waals surface area contributed by atoms with Crippen molar-refractivity contribution >= 4 is 35.0 Å². The van der Waals surface area contributed by atoms with Gasteiger partial charge >= 0.3 is 5.97 Å². The molecular formula is C21H15ClF3N3O3. The van der Waals surface area contributed by atoms with E-state index in [9.17, 15) is 18.0 Å². The summed E-state index contributed by atoms with van der Waals surface area (Å²) in [4.78, 5) is 12.5. The molecule has 0 aliphatic heterocycles. The van der Waals surface area contributed by atoms with Crippen LogP contribution in [0.25, 0.3) is 16.8 Å². The Morgan fingerprint density at radius 1 is 1.26 bits per heavy atom. The van der Waals surface area contributed by atoms with Crippen molar-refractivity contribution in [2.24, 2.45) is 0 Å². The Morgan fingerprint density at radius 3 is 2.55 bits per heavy atom. The molecule has 1 aromatic heterocycles. The molecule has 10 heteroatoms. The van der Waals surface area contributed by atoms with Gasteiger partial charge in [0, 0.05) is 22.5 Å². The molecule has 160 valence electrons. The van der Waals surface area contributed by atoms with Crippen molar-refractivity contribution in [3.63, 3.8) is 0 Å². The number of hydrogen-bond donors (Lipinski definition) is 2. The van der Waals surface area contributed by atoms with Crippen molar-refractivity contribution < 1.29 is 27.2 Å². The van der Waals surface area contributed by atoms with Crippen LogP contribution in [-0.4, -0.2) is 30.9 Å². The fraction of sp³-hybridized carbons (Fsp3) is 0.0952. The van der Waals surface area contributed by atoms with Gasteiger partial charge < -0.3 is 20.0 Å². The molecule has 3 rings (SSSR count). The van der Waals surface area contributed by atoms with Crippen LogP contribution < -0.4 is 5.32 Å². The molecule has 0 bridgehead atoms. The summed E-state index contributed by atoms with van der Waals surface area (Å²) < 4.78 is 51.2. The Balaban J connectivity index is 2.19. The summed E-state index contributed by atoms with van der Waals surface area (Å²) in [5.41, 5.74) is -1.01. The van der Waals surface area contributed by atoms with Gasteiger partial charge in [-0.05, 0) is 30.3 Å². The summed E-state index contributed by atoms with van der Waals surface area (Å²) in [6.07, 6.45) is -2.53. The van der Waals surface area contributed by atoms with Gasteiger partial charge in [0.15, 0.2) is 5.76 Å². The van der Waals surface area contributed by atoms with Crippen LogP contribution in [0.2, 0.25) is 5.02 Å². The molecular weight excluding hydrogens is 435 g/mol. The molecule has 0 atom stereocenters. The van der Waals surface area contributed by atoms with Gasteiger partial charge in [0.05, 0.1) is 18.4 Å². The Hall–Kier alpha value is -3.59. The lowest BCUT2D eigenvalue weighted by atomic mass is 10.0. The number of halogens is 4. The lowest BCUT2D eigenvalue weighted by Crippen LogP contribution is -2.14. The van der Waals surface area contributed by atoms with Crippen LogP contribution in [0.1, 0.15) is 16.1 Å². The van der Waals surface area contributed by atoms with E-state index in [4.69, 9.17) is 26.3 Å². The molecule has 6 nitrogen and oxygen atoms in total. The number of nitrogens with zero attached hydrogens (tertiary/aromatic N) is 1. The monoisotopic (exact) mass is 449 g/mol. The molecule has 1 heterocycles. The van der Waals surface area contributed by atoms with Crippen LogP contribution in [0, 0.1) is 11.2 Å². The second-order valence-corrected chi connectivity index (χ2v) is 6.58. The number of benzene rings is 2. The van der Waals surface area contributed by atoms with Gasteiger partial charge in [0.2, 0.25) is 0 Å². The number of nitrogens with one attached hydrogen (secondary N) is 2.